The van der Waals surface area contributed by atoms with E-state index in [9.17, 15) is 14.9 Å². The molecule has 0 amide bonds. The maximum Gasteiger partial charge on any atom is 0.341 e. The maximum atomic E-state index is 11.7. The zero-order chi connectivity index (χ0) is 14.7. The van der Waals surface area contributed by atoms with Gasteiger partial charge in [0.15, 0.2) is 0 Å². The van der Waals surface area contributed by atoms with Crippen LogP contribution in [0.15, 0.2) is 30.3 Å². The molecule has 7 heteroatoms. The van der Waals surface area contributed by atoms with E-state index >= 15 is 0 Å². The van der Waals surface area contributed by atoms with Crippen molar-refractivity contribution in [2.24, 2.45) is 0 Å². The number of nitro groups is 1. The van der Waals surface area contributed by atoms with Crippen molar-refractivity contribution >= 4 is 23.3 Å². The van der Waals surface area contributed by atoms with Crippen molar-refractivity contribution in [3.05, 3.63) is 51.2 Å². The molecule has 0 aliphatic carbocycles. The van der Waals surface area contributed by atoms with E-state index in [1.807, 2.05) is 0 Å². The van der Waals surface area contributed by atoms with Gasteiger partial charge in [0.05, 0.1) is 17.1 Å². The van der Waals surface area contributed by atoms with Crippen LogP contribution in [0, 0.1) is 10.1 Å². The van der Waals surface area contributed by atoms with Crippen molar-refractivity contribution in [2.75, 3.05) is 6.61 Å². The number of nitrogens with zero attached hydrogens (tertiary/aromatic N) is 1. The van der Waals surface area contributed by atoms with Crippen LogP contribution in [0.5, 0.6) is 0 Å². The van der Waals surface area contributed by atoms with Gasteiger partial charge in [-0.25, -0.2) is 4.79 Å². The van der Waals surface area contributed by atoms with Crippen LogP contribution in [0.25, 0.3) is 11.3 Å². The molecule has 1 N–H and O–H groups in total. The summed E-state index contributed by atoms with van der Waals surface area (Å²) in [7, 11) is 0. The van der Waals surface area contributed by atoms with E-state index < -0.39 is 10.9 Å². The Balaban J connectivity index is 2.39. The molecule has 2 rings (SSSR count). The predicted octanol–water partition coefficient (Wildman–Crippen LogP) is 3.42. The summed E-state index contributed by atoms with van der Waals surface area (Å²) in [6, 6.07) is 7.55. The van der Waals surface area contributed by atoms with Crippen LogP contribution in [-0.2, 0) is 4.74 Å². The Kier molecular flexibility index (Phi) is 4.05. The maximum absolute atomic E-state index is 11.7. The molecule has 0 saturated heterocycles. The Hall–Kier alpha value is -2.34. The zero-order valence-electron chi connectivity index (χ0n) is 10.6. The Bertz CT molecular complexity index is 666. The second-order valence-corrected chi connectivity index (χ2v) is 4.32. The predicted molar refractivity (Wildman–Crippen MR) is 73.8 cm³/mol. The van der Waals surface area contributed by atoms with E-state index in [2.05, 4.69) is 4.98 Å². The molecule has 104 valence electrons. The van der Waals surface area contributed by atoms with Crippen LogP contribution in [-0.4, -0.2) is 22.5 Å². The summed E-state index contributed by atoms with van der Waals surface area (Å²) in [5.41, 5.74) is 1.25. The van der Waals surface area contributed by atoms with Gasteiger partial charge < -0.3 is 9.72 Å². The molecule has 2 aromatic rings. The smallest absolute Gasteiger partial charge is 0.341 e. The first kappa shape index (κ1) is 14.1. The van der Waals surface area contributed by atoms with Gasteiger partial charge in [-0.2, -0.15) is 0 Å². The number of hydrogen-bond donors (Lipinski definition) is 1. The Morgan fingerprint density at radius 3 is 2.85 bits per heavy atom. The molecule has 20 heavy (non-hydrogen) atoms. The third-order valence-corrected chi connectivity index (χ3v) is 2.93. The summed E-state index contributed by atoms with van der Waals surface area (Å²) >= 11 is 5.94. The fourth-order valence-electron chi connectivity index (χ4n) is 1.73. The third-order valence-electron chi connectivity index (χ3n) is 2.63. The van der Waals surface area contributed by atoms with Crippen LogP contribution < -0.4 is 0 Å². The SMILES string of the molecule is CCOC(=O)c1cc(-c2cccc([N+](=O)[O-])c2)[nH]c1Cl. The fourth-order valence-corrected chi connectivity index (χ4v) is 1.96. The molecular formula is C13H11ClN2O4. The standard InChI is InChI=1S/C13H11ClN2O4/c1-2-20-13(17)10-7-11(15-12(10)14)8-4-3-5-9(6-8)16(18)19/h3-7,15H,2H2,1H3. The lowest BCUT2D eigenvalue weighted by atomic mass is 10.1. The number of H-pyrrole nitrogens is 1. The number of rotatable bonds is 4. The highest BCUT2D eigenvalue weighted by atomic mass is 35.5. The summed E-state index contributed by atoms with van der Waals surface area (Å²) in [5, 5.41) is 10.9. The number of carbonyl (C=O) groups excluding carboxylic acids is 1. The van der Waals surface area contributed by atoms with Crippen LogP contribution in [0.3, 0.4) is 0 Å². The monoisotopic (exact) mass is 294 g/mol. The van der Waals surface area contributed by atoms with Gasteiger partial charge in [0.25, 0.3) is 5.69 Å². The van der Waals surface area contributed by atoms with Gasteiger partial charge in [-0.05, 0) is 13.0 Å². The van der Waals surface area contributed by atoms with E-state index in [0.717, 1.165) is 0 Å². The third kappa shape index (κ3) is 2.80. The first-order chi connectivity index (χ1) is 9.52. The molecule has 0 atom stereocenters. The topological polar surface area (TPSA) is 85.2 Å². The van der Waals surface area contributed by atoms with E-state index in [1.165, 1.54) is 18.2 Å². The van der Waals surface area contributed by atoms with Crippen LogP contribution in [0.2, 0.25) is 5.15 Å². The summed E-state index contributed by atoms with van der Waals surface area (Å²) in [4.78, 5) is 24.7. The van der Waals surface area contributed by atoms with Gasteiger partial charge in [0.1, 0.15) is 5.15 Å². The van der Waals surface area contributed by atoms with Crippen molar-refractivity contribution in [1.29, 1.82) is 0 Å². The normalized spacial score (nSPS) is 10.3. The Morgan fingerprint density at radius 1 is 1.45 bits per heavy atom. The van der Waals surface area contributed by atoms with Gasteiger partial charge in [0, 0.05) is 23.4 Å². The second-order valence-electron chi connectivity index (χ2n) is 3.94. The van der Waals surface area contributed by atoms with E-state index in [-0.39, 0.29) is 23.0 Å². The number of nitro benzene ring substituents is 1. The van der Waals surface area contributed by atoms with Gasteiger partial charge in [-0.1, -0.05) is 23.7 Å². The van der Waals surface area contributed by atoms with Gasteiger partial charge in [-0.3, -0.25) is 10.1 Å². The second kappa shape index (κ2) is 5.75. The molecule has 0 saturated carbocycles. The summed E-state index contributed by atoms with van der Waals surface area (Å²) in [6.45, 7) is 1.94. The first-order valence-electron chi connectivity index (χ1n) is 5.83. The number of benzene rings is 1. The highest BCUT2D eigenvalue weighted by Gasteiger charge is 2.17. The van der Waals surface area contributed by atoms with Crippen LogP contribution in [0.1, 0.15) is 17.3 Å². The minimum absolute atomic E-state index is 0.0362. The number of carbonyl (C=O) groups is 1. The highest BCUT2D eigenvalue weighted by molar-refractivity contribution is 6.32. The Morgan fingerprint density at radius 2 is 2.20 bits per heavy atom. The van der Waals surface area contributed by atoms with Gasteiger partial charge >= 0.3 is 5.97 Å². The molecule has 0 fully saturated rings. The Labute approximate surface area is 119 Å². The molecule has 0 radical (unpaired) electrons. The number of non-ortho nitro benzene ring substituents is 1. The van der Waals surface area contributed by atoms with Gasteiger partial charge in [-0.15, -0.1) is 0 Å². The van der Waals surface area contributed by atoms with E-state index in [1.54, 1.807) is 19.1 Å². The molecule has 0 unspecified atom stereocenters. The van der Waals surface area contributed by atoms with Crippen molar-refractivity contribution in [2.45, 2.75) is 6.92 Å². The molecular weight excluding hydrogens is 284 g/mol. The molecule has 0 spiro atoms. The number of ether oxygens (including phenoxy) is 1. The van der Waals surface area contributed by atoms with Gasteiger partial charge in [0.2, 0.25) is 0 Å². The molecule has 1 heterocycles. The lowest BCUT2D eigenvalue weighted by molar-refractivity contribution is -0.384. The number of esters is 1. The largest absolute Gasteiger partial charge is 0.462 e. The minimum atomic E-state index is -0.537. The number of nitrogens with one attached hydrogen (secondary N) is 1. The fraction of sp³-hybridized carbons (Fsp3) is 0.154. The average Bonchev–Trinajstić information content (AvgIpc) is 2.81. The van der Waals surface area contributed by atoms with E-state index in [0.29, 0.717) is 11.3 Å². The van der Waals surface area contributed by atoms with Crippen molar-refractivity contribution < 1.29 is 14.5 Å². The highest BCUT2D eigenvalue weighted by Crippen LogP contribution is 2.27. The summed E-state index contributed by atoms with van der Waals surface area (Å²) < 4.78 is 4.87. The molecule has 1 aromatic heterocycles. The lowest BCUT2D eigenvalue weighted by Crippen LogP contribution is -2.03. The summed E-state index contributed by atoms with van der Waals surface area (Å²) in [6.07, 6.45) is 0. The van der Waals surface area contributed by atoms with E-state index in [4.69, 9.17) is 16.3 Å². The van der Waals surface area contributed by atoms with Crippen molar-refractivity contribution in [3.63, 3.8) is 0 Å². The van der Waals surface area contributed by atoms with Crippen molar-refractivity contribution in [3.8, 4) is 11.3 Å². The lowest BCUT2D eigenvalue weighted by Gasteiger charge is -1.98. The molecule has 0 bridgehead atoms. The molecule has 0 aliphatic rings. The van der Waals surface area contributed by atoms with Crippen molar-refractivity contribution in [1.82, 2.24) is 4.98 Å². The summed E-state index contributed by atoms with van der Waals surface area (Å²) in [5.74, 6) is -0.537. The number of halogens is 1. The number of hydrogen-bond acceptors (Lipinski definition) is 4. The average molecular weight is 295 g/mol. The first-order valence-corrected chi connectivity index (χ1v) is 6.21. The number of aromatic nitrogens is 1. The zero-order valence-corrected chi connectivity index (χ0v) is 11.3. The molecule has 1 aromatic carbocycles. The molecule has 6 nitrogen and oxygen atoms in total. The quantitative estimate of drug-likeness (QED) is 0.532. The minimum Gasteiger partial charge on any atom is -0.462 e. The number of aromatic amines is 1. The van der Waals surface area contributed by atoms with Crippen LogP contribution >= 0.6 is 11.6 Å². The molecule has 0 aliphatic heterocycles. The van der Waals surface area contributed by atoms with Crippen LogP contribution in [0.4, 0.5) is 5.69 Å².